The fraction of sp³-hybridized carbons (Fsp3) is 0.786. The van der Waals surface area contributed by atoms with Crippen LogP contribution in [-0.2, 0) is 6.54 Å². The van der Waals surface area contributed by atoms with Crippen molar-refractivity contribution < 1.29 is 0 Å². The molecule has 3 nitrogen and oxygen atoms in total. The molecular formula is C14H25N3S. The molecule has 0 bridgehead atoms. The maximum absolute atomic E-state index is 4.74. The van der Waals surface area contributed by atoms with Crippen molar-refractivity contribution in [3.63, 3.8) is 0 Å². The summed E-state index contributed by atoms with van der Waals surface area (Å²) >= 11 is 1.86. The molecule has 0 aromatic carbocycles. The molecule has 2 atom stereocenters. The van der Waals surface area contributed by atoms with Crippen molar-refractivity contribution in [2.75, 3.05) is 24.5 Å². The maximum atomic E-state index is 4.74. The average molecular weight is 267 g/mol. The molecule has 1 N–H and O–H groups in total. The lowest BCUT2D eigenvalue weighted by Crippen LogP contribution is -2.19. The monoisotopic (exact) mass is 267 g/mol. The van der Waals surface area contributed by atoms with Gasteiger partial charge in [0.2, 0.25) is 0 Å². The zero-order chi connectivity index (χ0) is 13.1. The molecular weight excluding hydrogens is 242 g/mol. The van der Waals surface area contributed by atoms with Crippen LogP contribution in [0.25, 0.3) is 0 Å². The number of aromatic nitrogens is 1. The quantitative estimate of drug-likeness (QED) is 0.831. The summed E-state index contributed by atoms with van der Waals surface area (Å²) in [6.45, 7) is 13.4. The molecule has 0 aliphatic carbocycles. The van der Waals surface area contributed by atoms with E-state index in [-0.39, 0.29) is 0 Å². The first-order valence-electron chi connectivity index (χ1n) is 7.03. The molecule has 0 amide bonds. The van der Waals surface area contributed by atoms with Crippen molar-refractivity contribution >= 4 is 16.5 Å². The number of hydrogen-bond acceptors (Lipinski definition) is 4. The zero-order valence-corrected chi connectivity index (χ0v) is 12.8. The highest BCUT2D eigenvalue weighted by Gasteiger charge is 2.28. The first kappa shape index (κ1) is 13.8. The maximum Gasteiger partial charge on any atom is 0.185 e. The van der Waals surface area contributed by atoms with Gasteiger partial charge in [0.05, 0.1) is 5.69 Å². The van der Waals surface area contributed by atoms with Crippen LogP contribution in [0, 0.1) is 18.8 Å². The van der Waals surface area contributed by atoms with Crippen LogP contribution in [0.15, 0.2) is 0 Å². The SMILES string of the molecule is CCCNCc1sc(N2CC(C)C(C)C2)nc1C. The summed E-state index contributed by atoms with van der Waals surface area (Å²) in [6.07, 6.45) is 1.19. The first-order chi connectivity index (χ1) is 8.61. The van der Waals surface area contributed by atoms with E-state index in [1.807, 2.05) is 11.3 Å². The Bertz CT molecular complexity index is 378. The standard InChI is InChI=1S/C14H25N3S/c1-5-6-15-7-13-12(4)16-14(18-13)17-8-10(2)11(3)9-17/h10-11,15H,5-9H2,1-4H3. The first-order valence-corrected chi connectivity index (χ1v) is 7.85. The molecule has 0 spiro atoms. The molecule has 2 rings (SSSR count). The van der Waals surface area contributed by atoms with Crippen LogP contribution in [0.3, 0.4) is 0 Å². The van der Waals surface area contributed by atoms with Crippen LogP contribution >= 0.6 is 11.3 Å². The van der Waals surface area contributed by atoms with E-state index in [0.29, 0.717) is 0 Å². The molecule has 2 unspecified atom stereocenters. The van der Waals surface area contributed by atoms with Crippen molar-refractivity contribution in [3.8, 4) is 0 Å². The van der Waals surface area contributed by atoms with Gasteiger partial charge >= 0.3 is 0 Å². The van der Waals surface area contributed by atoms with Crippen molar-refractivity contribution in [1.29, 1.82) is 0 Å². The van der Waals surface area contributed by atoms with Crippen LogP contribution in [0.4, 0.5) is 5.13 Å². The summed E-state index contributed by atoms with van der Waals surface area (Å²) in [5.41, 5.74) is 1.20. The van der Waals surface area contributed by atoms with E-state index in [4.69, 9.17) is 4.98 Å². The smallest absolute Gasteiger partial charge is 0.185 e. The largest absolute Gasteiger partial charge is 0.348 e. The van der Waals surface area contributed by atoms with Crippen molar-refractivity contribution in [3.05, 3.63) is 10.6 Å². The van der Waals surface area contributed by atoms with E-state index in [2.05, 4.69) is 37.9 Å². The molecule has 1 saturated heterocycles. The predicted octanol–water partition coefficient (Wildman–Crippen LogP) is 3.04. The van der Waals surface area contributed by atoms with E-state index in [1.54, 1.807) is 0 Å². The lowest BCUT2D eigenvalue weighted by Gasteiger charge is -2.13. The van der Waals surface area contributed by atoms with Gasteiger partial charge in [-0.25, -0.2) is 4.98 Å². The molecule has 1 aliphatic rings. The van der Waals surface area contributed by atoms with Crippen molar-refractivity contribution in [1.82, 2.24) is 10.3 Å². The normalized spacial score (nSPS) is 23.9. The number of anilines is 1. The molecule has 18 heavy (non-hydrogen) atoms. The van der Waals surface area contributed by atoms with Gasteiger partial charge in [0.25, 0.3) is 0 Å². The molecule has 102 valence electrons. The van der Waals surface area contributed by atoms with E-state index in [1.165, 1.54) is 22.1 Å². The summed E-state index contributed by atoms with van der Waals surface area (Å²) < 4.78 is 0. The van der Waals surface area contributed by atoms with Crippen LogP contribution in [0.2, 0.25) is 0 Å². The lowest BCUT2D eigenvalue weighted by atomic mass is 10.0. The van der Waals surface area contributed by atoms with Gasteiger partial charge in [-0.3, -0.25) is 0 Å². The van der Waals surface area contributed by atoms with Crippen LogP contribution in [0.5, 0.6) is 0 Å². The fourth-order valence-electron chi connectivity index (χ4n) is 2.38. The van der Waals surface area contributed by atoms with E-state index >= 15 is 0 Å². The summed E-state index contributed by atoms with van der Waals surface area (Å²) in [7, 11) is 0. The van der Waals surface area contributed by atoms with Crippen LogP contribution in [-0.4, -0.2) is 24.6 Å². The van der Waals surface area contributed by atoms with E-state index < -0.39 is 0 Å². The number of nitrogens with zero attached hydrogens (tertiary/aromatic N) is 2. The fourth-order valence-corrected chi connectivity index (χ4v) is 3.43. The molecule has 4 heteroatoms. The Hall–Kier alpha value is -0.610. The highest BCUT2D eigenvalue weighted by atomic mass is 32.1. The van der Waals surface area contributed by atoms with Gasteiger partial charge in [-0.1, -0.05) is 20.8 Å². The second-order valence-electron chi connectivity index (χ2n) is 5.54. The summed E-state index contributed by atoms with van der Waals surface area (Å²) in [5.74, 6) is 1.58. The third kappa shape index (κ3) is 3.04. The van der Waals surface area contributed by atoms with Crippen molar-refractivity contribution in [2.24, 2.45) is 11.8 Å². The van der Waals surface area contributed by atoms with E-state index in [0.717, 1.165) is 38.0 Å². The third-order valence-corrected chi connectivity index (χ3v) is 5.07. The number of hydrogen-bond donors (Lipinski definition) is 1. The lowest BCUT2D eigenvalue weighted by molar-refractivity contribution is 0.494. The van der Waals surface area contributed by atoms with Gasteiger partial charge < -0.3 is 10.2 Å². The number of nitrogens with one attached hydrogen (secondary N) is 1. The van der Waals surface area contributed by atoms with Gasteiger partial charge in [0, 0.05) is 24.5 Å². The Kier molecular flexibility index (Phi) is 4.62. The Morgan fingerprint density at radius 3 is 2.61 bits per heavy atom. The highest BCUT2D eigenvalue weighted by Crippen LogP contribution is 2.32. The van der Waals surface area contributed by atoms with Crippen molar-refractivity contribution in [2.45, 2.75) is 40.7 Å². The number of thiazole rings is 1. The molecule has 1 fully saturated rings. The summed E-state index contributed by atoms with van der Waals surface area (Å²) in [4.78, 5) is 8.59. The molecule has 2 heterocycles. The second-order valence-corrected chi connectivity index (χ2v) is 6.60. The van der Waals surface area contributed by atoms with Gasteiger partial charge in [0.15, 0.2) is 5.13 Å². The van der Waals surface area contributed by atoms with E-state index in [9.17, 15) is 0 Å². The minimum atomic E-state index is 0.788. The Morgan fingerprint density at radius 2 is 2.00 bits per heavy atom. The van der Waals surface area contributed by atoms with Gasteiger partial charge in [0.1, 0.15) is 0 Å². The number of aryl methyl sites for hydroxylation is 1. The van der Waals surface area contributed by atoms with Gasteiger partial charge in [-0.05, 0) is 31.7 Å². The highest BCUT2D eigenvalue weighted by molar-refractivity contribution is 7.15. The molecule has 1 aliphatic heterocycles. The van der Waals surface area contributed by atoms with Gasteiger partial charge in [-0.15, -0.1) is 11.3 Å². The molecule has 1 aromatic rings. The summed E-state index contributed by atoms with van der Waals surface area (Å²) in [5, 5.41) is 4.68. The molecule has 1 aromatic heterocycles. The summed E-state index contributed by atoms with van der Waals surface area (Å²) in [6, 6.07) is 0. The Morgan fingerprint density at radius 1 is 1.33 bits per heavy atom. The van der Waals surface area contributed by atoms with Crippen LogP contribution in [0.1, 0.15) is 37.8 Å². The Labute approximate surface area is 115 Å². The average Bonchev–Trinajstić information content (AvgIpc) is 2.85. The topological polar surface area (TPSA) is 28.2 Å². The zero-order valence-electron chi connectivity index (χ0n) is 12.0. The van der Waals surface area contributed by atoms with Gasteiger partial charge in [-0.2, -0.15) is 0 Å². The minimum Gasteiger partial charge on any atom is -0.348 e. The predicted molar refractivity (Wildman–Crippen MR) is 79.4 cm³/mol. The minimum absolute atomic E-state index is 0.788. The second kappa shape index (κ2) is 6.02. The third-order valence-electron chi connectivity index (χ3n) is 3.85. The van der Waals surface area contributed by atoms with Crippen LogP contribution < -0.4 is 10.2 Å². The Balaban J connectivity index is 2.00. The number of rotatable bonds is 5. The molecule has 0 saturated carbocycles. The molecule has 0 radical (unpaired) electrons.